The maximum atomic E-state index is 13.4. The number of imidazole rings is 1. The minimum Gasteiger partial charge on any atom is -0.349 e. The number of hydrogen-bond donors (Lipinski definition) is 2. The first-order valence-electron chi connectivity index (χ1n) is 9.75. The van der Waals surface area contributed by atoms with Crippen LogP contribution >= 0.6 is 11.3 Å². The molecule has 158 valence electrons. The maximum absolute atomic E-state index is 13.4. The van der Waals surface area contributed by atoms with Crippen molar-refractivity contribution in [2.75, 3.05) is 5.32 Å². The zero-order chi connectivity index (χ0) is 22.0. The first kappa shape index (κ1) is 20.7. The monoisotopic (exact) mass is 436 g/mol. The second-order valence-corrected chi connectivity index (χ2v) is 8.16. The third-order valence-electron chi connectivity index (χ3n) is 4.88. The van der Waals surface area contributed by atoms with Crippen molar-refractivity contribution in [1.82, 2.24) is 14.7 Å². The largest absolute Gasteiger partial charge is 0.349 e. The number of hydrogen-bond acceptors (Lipinski definition) is 4. The Morgan fingerprint density at radius 3 is 2.52 bits per heavy atom. The molecule has 0 fully saturated rings. The summed E-state index contributed by atoms with van der Waals surface area (Å²) in [5.41, 5.74) is 3.21. The van der Waals surface area contributed by atoms with Gasteiger partial charge in [-0.15, -0.1) is 11.3 Å². The van der Waals surface area contributed by atoms with E-state index in [-0.39, 0.29) is 24.1 Å². The van der Waals surface area contributed by atoms with Crippen LogP contribution in [0.3, 0.4) is 0 Å². The molecule has 0 bridgehead atoms. The molecule has 1 atom stereocenters. The number of fused-ring (bicyclic) bond motifs is 1. The molecule has 2 N–H and O–H groups in total. The first-order valence-corrected chi connectivity index (χ1v) is 10.6. The van der Waals surface area contributed by atoms with Crippen molar-refractivity contribution >= 4 is 33.9 Å². The molecule has 0 aliphatic rings. The molecule has 8 heteroatoms. The molecule has 2 aromatic heterocycles. The van der Waals surface area contributed by atoms with Crippen molar-refractivity contribution in [3.8, 4) is 11.3 Å². The van der Waals surface area contributed by atoms with E-state index >= 15 is 0 Å². The van der Waals surface area contributed by atoms with Gasteiger partial charge in [-0.05, 0) is 36.8 Å². The zero-order valence-electron chi connectivity index (χ0n) is 17.1. The number of aryl methyl sites for hydroxylation is 1. The van der Waals surface area contributed by atoms with Crippen molar-refractivity contribution in [1.29, 1.82) is 0 Å². The third kappa shape index (κ3) is 4.64. The number of nitrogens with one attached hydrogen (secondary N) is 2. The predicted octanol–water partition coefficient (Wildman–Crippen LogP) is 4.72. The van der Waals surface area contributed by atoms with E-state index in [2.05, 4.69) is 15.6 Å². The van der Waals surface area contributed by atoms with Crippen LogP contribution in [0.1, 0.15) is 30.5 Å². The van der Waals surface area contributed by atoms with E-state index < -0.39 is 6.04 Å². The molecule has 0 saturated carbocycles. The molecule has 1 unspecified atom stereocenters. The standard InChI is InChI=1S/C23H21FN4O2S/c1-14-3-5-16(6-4-14)19(25-15(2)29)13-20(30)26-22-21(17-7-9-18(24)10-8-17)27-23-28(22)11-12-31-23/h3-12,19H,13H2,1-2H3,(H,25,29)(H,26,30). The number of carbonyl (C=O) groups is 2. The van der Waals surface area contributed by atoms with Gasteiger partial charge >= 0.3 is 0 Å². The van der Waals surface area contributed by atoms with E-state index in [4.69, 9.17) is 0 Å². The molecule has 2 heterocycles. The lowest BCUT2D eigenvalue weighted by Gasteiger charge is -2.18. The van der Waals surface area contributed by atoms with Crippen molar-refractivity contribution in [3.05, 3.63) is 77.1 Å². The van der Waals surface area contributed by atoms with Crippen LogP contribution in [0.5, 0.6) is 0 Å². The van der Waals surface area contributed by atoms with Crippen molar-refractivity contribution in [3.63, 3.8) is 0 Å². The number of nitrogens with zero attached hydrogens (tertiary/aromatic N) is 2. The second kappa shape index (κ2) is 8.69. The summed E-state index contributed by atoms with van der Waals surface area (Å²) in [5.74, 6) is -0.310. The Balaban J connectivity index is 1.62. The molecule has 4 aromatic rings. The summed E-state index contributed by atoms with van der Waals surface area (Å²) in [7, 11) is 0. The first-order chi connectivity index (χ1) is 14.9. The van der Waals surface area contributed by atoms with Crippen LogP contribution in [0.4, 0.5) is 10.2 Å². The molecule has 0 saturated heterocycles. The van der Waals surface area contributed by atoms with E-state index in [1.807, 2.05) is 42.8 Å². The van der Waals surface area contributed by atoms with Crippen LogP contribution in [0.15, 0.2) is 60.1 Å². The summed E-state index contributed by atoms with van der Waals surface area (Å²) in [6, 6.07) is 13.2. The highest BCUT2D eigenvalue weighted by Crippen LogP contribution is 2.31. The maximum Gasteiger partial charge on any atom is 0.227 e. The molecule has 0 radical (unpaired) electrons. The number of aromatic nitrogens is 2. The van der Waals surface area contributed by atoms with E-state index in [0.717, 1.165) is 11.1 Å². The number of amides is 2. The highest BCUT2D eigenvalue weighted by Gasteiger charge is 2.21. The highest BCUT2D eigenvalue weighted by molar-refractivity contribution is 7.15. The van der Waals surface area contributed by atoms with Gasteiger partial charge in [0, 0.05) is 24.1 Å². The number of carbonyl (C=O) groups excluding carboxylic acids is 2. The van der Waals surface area contributed by atoms with Gasteiger partial charge in [0.05, 0.1) is 12.5 Å². The lowest BCUT2D eigenvalue weighted by Crippen LogP contribution is -2.30. The number of thiazole rings is 1. The summed E-state index contributed by atoms with van der Waals surface area (Å²) in [6.07, 6.45) is 1.88. The van der Waals surface area contributed by atoms with Gasteiger partial charge in [-0.1, -0.05) is 29.8 Å². The summed E-state index contributed by atoms with van der Waals surface area (Å²) in [5, 5.41) is 7.66. The zero-order valence-corrected chi connectivity index (χ0v) is 17.9. The fourth-order valence-electron chi connectivity index (χ4n) is 3.38. The lowest BCUT2D eigenvalue weighted by molar-refractivity contribution is -0.120. The number of anilines is 1. The molecule has 4 rings (SSSR count). The Kier molecular flexibility index (Phi) is 5.81. The molecule has 6 nitrogen and oxygen atoms in total. The topological polar surface area (TPSA) is 75.5 Å². The van der Waals surface area contributed by atoms with Crippen LogP contribution in [0.25, 0.3) is 16.2 Å². The van der Waals surface area contributed by atoms with E-state index in [0.29, 0.717) is 22.0 Å². The molecule has 31 heavy (non-hydrogen) atoms. The van der Waals surface area contributed by atoms with Crippen molar-refractivity contribution < 1.29 is 14.0 Å². The highest BCUT2D eigenvalue weighted by atomic mass is 32.1. The number of benzene rings is 2. The molecule has 0 aliphatic heterocycles. The summed E-state index contributed by atoms with van der Waals surface area (Å²) in [4.78, 5) is 30.0. The predicted molar refractivity (Wildman–Crippen MR) is 119 cm³/mol. The minimum atomic E-state index is -0.460. The molecule has 0 spiro atoms. The Bertz CT molecular complexity index is 1230. The molecular weight excluding hydrogens is 415 g/mol. The minimum absolute atomic E-state index is 0.0584. The smallest absolute Gasteiger partial charge is 0.227 e. The van der Waals surface area contributed by atoms with Gasteiger partial charge in [-0.25, -0.2) is 9.37 Å². The Hall–Kier alpha value is -3.52. The van der Waals surface area contributed by atoms with Gasteiger partial charge < -0.3 is 10.6 Å². The number of halogens is 1. The fourth-order valence-corrected chi connectivity index (χ4v) is 4.09. The summed E-state index contributed by atoms with van der Waals surface area (Å²) in [6.45, 7) is 3.41. The van der Waals surface area contributed by atoms with Crippen LogP contribution in [0.2, 0.25) is 0 Å². The Morgan fingerprint density at radius 2 is 1.84 bits per heavy atom. The third-order valence-corrected chi connectivity index (χ3v) is 5.64. The fraction of sp³-hybridized carbons (Fsp3) is 0.174. The Morgan fingerprint density at radius 1 is 1.13 bits per heavy atom. The van der Waals surface area contributed by atoms with Crippen LogP contribution in [-0.4, -0.2) is 21.2 Å². The van der Waals surface area contributed by atoms with Gasteiger partial charge in [0.1, 0.15) is 17.3 Å². The molecule has 0 aliphatic carbocycles. The van der Waals surface area contributed by atoms with Gasteiger partial charge in [0.25, 0.3) is 0 Å². The molecular formula is C23H21FN4O2S. The average Bonchev–Trinajstić information content (AvgIpc) is 3.31. The van der Waals surface area contributed by atoms with E-state index in [1.165, 1.54) is 30.4 Å². The normalized spacial score (nSPS) is 12.0. The molecule has 2 amide bonds. The second-order valence-electron chi connectivity index (χ2n) is 7.29. The van der Waals surface area contributed by atoms with Crippen LogP contribution in [0, 0.1) is 12.7 Å². The SMILES string of the molecule is CC(=O)NC(CC(=O)Nc1c(-c2ccc(F)cc2)nc2sccn12)c1ccc(C)cc1. The van der Waals surface area contributed by atoms with Crippen molar-refractivity contribution in [2.24, 2.45) is 0 Å². The quantitative estimate of drug-likeness (QED) is 0.459. The average molecular weight is 437 g/mol. The van der Waals surface area contributed by atoms with Gasteiger partial charge in [0.2, 0.25) is 11.8 Å². The van der Waals surface area contributed by atoms with Crippen LogP contribution < -0.4 is 10.6 Å². The van der Waals surface area contributed by atoms with Crippen LogP contribution in [-0.2, 0) is 9.59 Å². The van der Waals surface area contributed by atoms with E-state index in [1.54, 1.807) is 16.5 Å². The number of rotatable bonds is 6. The summed E-state index contributed by atoms with van der Waals surface area (Å²) < 4.78 is 15.2. The van der Waals surface area contributed by atoms with E-state index in [9.17, 15) is 14.0 Å². The van der Waals surface area contributed by atoms with Gasteiger partial charge in [-0.2, -0.15) is 0 Å². The van der Waals surface area contributed by atoms with Gasteiger partial charge in [-0.3, -0.25) is 14.0 Å². The van der Waals surface area contributed by atoms with Crippen molar-refractivity contribution in [2.45, 2.75) is 26.3 Å². The molecule has 2 aromatic carbocycles. The summed E-state index contributed by atoms with van der Waals surface area (Å²) >= 11 is 1.44. The van der Waals surface area contributed by atoms with Gasteiger partial charge in [0.15, 0.2) is 4.96 Å². The lowest BCUT2D eigenvalue weighted by atomic mass is 10.0. The Labute approximate surface area is 182 Å².